The third kappa shape index (κ3) is 3.57. The molecule has 0 radical (unpaired) electrons. The molecular formula is C16H17N5OS. The molecule has 2 heterocycles. The topological polar surface area (TPSA) is 67.8 Å². The second-order valence-corrected chi connectivity index (χ2v) is 5.23. The first-order valence-corrected chi connectivity index (χ1v) is 7.72. The number of nitrogens with one attached hydrogen (secondary N) is 2. The third-order valence-electron chi connectivity index (χ3n) is 3.26. The van der Waals surface area contributed by atoms with Crippen molar-refractivity contribution >= 4 is 12.2 Å². The lowest BCUT2D eigenvalue weighted by atomic mass is 10.2. The summed E-state index contributed by atoms with van der Waals surface area (Å²) < 4.78 is 7.79. The average molecular weight is 327 g/mol. The van der Waals surface area contributed by atoms with Gasteiger partial charge in [-0.15, -0.1) is 0 Å². The van der Waals surface area contributed by atoms with E-state index in [4.69, 9.17) is 17.0 Å². The predicted molar refractivity (Wildman–Crippen MR) is 91.3 cm³/mol. The van der Waals surface area contributed by atoms with Gasteiger partial charge in [-0.05, 0) is 49.0 Å². The Morgan fingerprint density at radius 2 is 2.09 bits per heavy atom. The second kappa shape index (κ2) is 7.06. The number of benzene rings is 1. The predicted octanol–water partition coefficient (Wildman–Crippen LogP) is 3.15. The molecule has 6 nitrogen and oxygen atoms in total. The van der Waals surface area contributed by atoms with E-state index in [1.807, 2.05) is 43.3 Å². The van der Waals surface area contributed by atoms with Crippen LogP contribution in [-0.4, -0.2) is 26.5 Å². The van der Waals surface area contributed by atoms with Crippen LogP contribution in [0.4, 0.5) is 0 Å². The minimum atomic E-state index is 0.512. The zero-order chi connectivity index (χ0) is 16.1. The summed E-state index contributed by atoms with van der Waals surface area (Å²) >= 11 is 5.30. The maximum atomic E-state index is 5.52. The molecule has 0 aliphatic heterocycles. The van der Waals surface area contributed by atoms with Gasteiger partial charge in [0.1, 0.15) is 5.75 Å². The van der Waals surface area contributed by atoms with Crippen LogP contribution in [0, 0.1) is 4.77 Å². The third-order valence-corrected chi connectivity index (χ3v) is 3.54. The van der Waals surface area contributed by atoms with E-state index in [1.54, 1.807) is 17.1 Å². The molecule has 3 aromatic rings. The molecule has 0 amide bonds. The van der Waals surface area contributed by atoms with Gasteiger partial charge in [0.05, 0.1) is 13.2 Å². The fourth-order valence-electron chi connectivity index (χ4n) is 2.22. The van der Waals surface area contributed by atoms with Crippen molar-refractivity contribution in [1.82, 2.24) is 19.9 Å². The van der Waals surface area contributed by atoms with Gasteiger partial charge in [-0.3, -0.25) is 4.98 Å². The zero-order valence-corrected chi connectivity index (χ0v) is 13.5. The fourth-order valence-corrected chi connectivity index (χ4v) is 2.42. The first kappa shape index (κ1) is 15.2. The molecular weight excluding hydrogens is 310 g/mol. The number of hydrogen-bond donors (Lipinski definition) is 2. The van der Waals surface area contributed by atoms with E-state index in [0.29, 0.717) is 17.9 Å². The molecule has 0 fully saturated rings. The first-order chi connectivity index (χ1) is 11.3. The molecule has 0 atom stereocenters. The van der Waals surface area contributed by atoms with Crippen molar-refractivity contribution in [2.24, 2.45) is 0 Å². The standard InChI is InChI=1S/C16H17N5OS/c1-2-22-14-5-3-4-12(10-14)11-18-21-15(19-20-16(21)23)13-6-8-17-9-7-13/h3-10,18H,2,11H2,1H3,(H,20,23). The monoisotopic (exact) mass is 327 g/mol. The Labute approximate surface area is 139 Å². The van der Waals surface area contributed by atoms with E-state index in [-0.39, 0.29) is 0 Å². The van der Waals surface area contributed by atoms with Crippen LogP contribution in [0.25, 0.3) is 11.4 Å². The van der Waals surface area contributed by atoms with Crippen LogP contribution in [-0.2, 0) is 6.54 Å². The molecule has 2 N–H and O–H groups in total. The highest BCUT2D eigenvalue weighted by molar-refractivity contribution is 7.71. The molecule has 0 aliphatic carbocycles. The Bertz CT molecular complexity index is 828. The normalized spacial score (nSPS) is 10.5. The van der Waals surface area contributed by atoms with Crippen LogP contribution in [0.5, 0.6) is 5.75 Å². The molecule has 118 valence electrons. The summed E-state index contributed by atoms with van der Waals surface area (Å²) in [6.07, 6.45) is 3.45. The van der Waals surface area contributed by atoms with E-state index in [2.05, 4.69) is 20.6 Å². The summed E-state index contributed by atoms with van der Waals surface area (Å²) in [6, 6.07) is 11.7. The molecule has 0 aliphatic rings. The molecule has 23 heavy (non-hydrogen) atoms. The Morgan fingerprint density at radius 1 is 1.26 bits per heavy atom. The van der Waals surface area contributed by atoms with E-state index < -0.39 is 0 Å². The van der Waals surface area contributed by atoms with Crippen LogP contribution in [0.3, 0.4) is 0 Å². The molecule has 0 unspecified atom stereocenters. The number of pyridine rings is 1. The van der Waals surface area contributed by atoms with Gasteiger partial charge in [0, 0.05) is 18.0 Å². The Balaban J connectivity index is 1.80. The maximum absolute atomic E-state index is 5.52. The summed E-state index contributed by atoms with van der Waals surface area (Å²) in [5, 5.41) is 7.09. The molecule has 0 spiro atoms. The van der Waals surface area contributed by atoms with Crippen LogP contribution in [0.15, 0.2) is 48.8 Å². The summed E-state index contributed by atoms with van der Waals surface area (Å²) in [7, 11) is 0. The Morgan fingerprint density at radius 3 is 2.87 bits per heavy atom. The molecule has 2 aromatic heterocycles. The van der Waals surface area contributed by atoms with Crippen molar-refractivity contribution in [2.45, 2.75) is 13.5 Å². The van der Waals surface area contributed by atoms with Gasteiger partial charge in [0.15, 0.2) is 5.82 Å². The number of H-pyrrole nitrogens is 1. The highest BCUT2D eigenvalue weighted by Crippen LogP contribution is 2.16. The van der Waals surface area contributed by atoms with Crippen molar-refractivity contribution in [2.75, 3.05) is 12.0 Å². The van der Waals surface area contributed by atoms with Gasteiger partial charge in [-0.25, -0.2) is 9.77 Å². The van der Waals surface area contributed by atoms with Gasteiger partial charge in [0.25, 0.3) is 0 Å². The highest BCUT2D eigenvalue weighted by atomic mass is 32.1. The first-order valence-electron chi connectivity index (χ1n) is 7.31. The van der Waals surface area contributed by atoms with Crippen molar-refractivity contribution in [3.63, 3.8) is 0 Å². The van der Waals surface area contributed by atoms with Crippen LogP contribution in [0.2, 0.25) is 0 Å². The van der Waals surface area contributed by atoms with Gasteiger partial charge in [-0.2, -0.15) is 5.10 Å². The lowest BCUT2D eigenvalue weighted by Crippen LogP contribution is -2.16. The molecule has 1 aromatic carbocycles. The van der Waals surface area contributed by atoms with Crippen molar-refractivity contribution in [3.05, 3.63) is 59.1 Å². The van der Waals surface area contributed by atoms with E-state index >= 15 is 0 Å². The quantitative estimate of drug-likeness (QED) is 0.681. The minimum absolute atomic E-state index is 0.512. The lowest BCUT2D eigenvalue weighted by Gasteiger charge is -2.11. The SMILES string of the molecule is CCOc1cccc(CNn2c(-c3ccncc3)n[nH]c2=S)c1. The van der Waals surface area contributed by atoms with E-state index in [9.17, 15) is 0 Å². The highest BCUT2D eigenvalue weighted by Gasteiger charge is 2.08. The number of nitrogens with zero attached hydrogens (tertiary/aromatic N) is 3. The van der Waals surface area contributed by atoms with Gasteiger partial charge < -0.3 is 10.2 Å². The number of hydrogen-bond acceptors (Lipinski definition) is 5. The molecule has 3 rings (SSSR count). The summed E-state index contributed by atoms with van der Waals surface area (Å²) in [4.78, 5) is 4.02. The van der Waals surface area contributed by atoms with E-state index in [0.717, 1.165) is 22.7 Å². The van der Waals surface area contributed by atoms with Crippen LogP contribution in [0.1, 0.15) is 12.5 Å². The minimum Gasteiger partial charge on any atom is -0.494 e. The van der Waals surface area contributed by atoms with Crippen LogP contribution >= 0.6 is 12.2 Å². The van der Waals surface area contributed by atoms with Crippen molar-refractivity contribution in [1.29, 1.82) is 0 Å². The number of aromatic amines is 1. The average Bonchev–Trinajstić information content (AvgIpc) is 2.95. The summed E-state index contributed by atoms with van der Waals surface area (Å²) in [6.45, 7) is 3.22. The van der Waals surface area contributed by atoms with Gasteiger partial charge >= 0.3 is 0 Å². The molecule has 0 bridgehead atoms. The Kier molecular flexibility index (Phi) is 4.68. The summed E-state index contributed by atoms with van der Waals surface area (Å²) in [5.74, 6) is 1.58. The number of ether oxygens (including phenoxy) is 1. The number of aromatic nitrogens is 4. The van der Waals surface area contributed by atoms with E-state index in [1.165, 1.54) is 0 Å². The summed E-state index contributed by atoms with van der Waals surface area (Å²) in [5.41, 5.74) is 5.32. The molecule has 0 saturated heterocycles. The number of rotatable bonds is 6. The van der Waals surface area contributed by atoms with Crippen molar-refractivity contribution in [3.8, 4) is 17.1 Å². The van der Waals surface area contributed by atoms with Crippen molar-refractivity contribution < 1.29 is 4.74 Å². The maximum Gasteiger partial charge on any atom is 0.214 e. The second-order valence-electron chi connectivity index (χ2n) is 4.84. The van der Waals surface area contributed by atoms with Crippen LogP contribution < -0.4 is 10.2 Å². The largest absolute Gasteiger partial charge is 0.494 e. The molecule has 0 saturated carbocycles. The van der Waals surface area contributed by atoms with Gasteiger partial charge in [0.2, 0.25) is 4.77 Å². The Hall–Kier alpha value is -2.67. The fraction of sp³-hybridized carbons (Fsp3) is 0.188. The lowest BCUT2D eigenvalue weighted by molar-refractivity contribution is 0.340. The van der Waals surface area contributed by atoms with Gasteiger partial charge in [-0.1, -0.05) is 12.1 Å². The zero-order valence-electron chi connectivity index (χ0n) is 12.7. The molecule has 7 heteroatoms. The smallest absolute Gasteiger partial charge is 0.214 e.